The van der Waals surface area contributed by atoms with Crippen LogP contribution in [0.15, 0.2) is 23.0 Å². The average molecular weight is 329 g/mol. The van der Waals surface area contributed by atoms with Crippen LogP contribution in [0.3, 0.4) is 0 Å². The van der Waals surface area contributed by atoms with E-state index in [-0.39, 0.29) is 24.0 Å². The third-order valence-corrected chi connectivity index (χ3v) is 3.87. The average Bonchev–Trinajstić information content (AvgIpc) is 2.40. The van der Waals surface area contributed by atoms with E-state index in [0.717, 1.165) is 25.9 Å². The number of halogens is 2. The number of benzene rings is 1. The second-order valence-electron chi connectivity index (χ2n) is 5.31. The van der Waals surface area contributed by atoms with Gasteiger partial charge in [0.25, 0.3) is 5.56 Å². The maximum absolute atomic E-state index is 12.1. The highest BCUT2D eigenvalue weighted by Crippen LogP contribution is 2.15. The van der Waals surface area contributed by atoms with E-state index in [2.05, 4.69) is 14.9 Å². The Kier molecular flexibility index (Phi) is 5.22. The van der Waals surface area contributed by atoms with Crippen molar-refractivity contribution in [2.24, 2.45) is 5.73 Å². The number of rotatable bonds is 2. The molecule has 1 aromatic heterocycles. The summed E-state index contributed by atoms with van der Waals surface area (Å²) in [5.74, 6) is 0.680. The van der Waals surface area contributed by atoms with E-state index in [1.54, 1.807) is 18.2 Å². The van der Waals surface area contributed by atoms with E-state index in [4.69, 9.17) is 17.3 Å². The first-order valence-corrected chi connectivity index (χ1v) is 7.16. The summed E-state index contributed by atoms with van der Waals surface area (Å²) >= 11 is 5.90. The van der Waals surface area contributed by atoms with Gasteiger partial charge in [0.1, 0.15) is 5.82 Å². The summed E-state index contributed by atoms with van der Waals surface area (Å²) in [6.07, 6.45) is 2.16. The molecule has 114 valence electrons. The molecule has 0 unspecified atom stereocenters. The van der Waals surface area contributed by atoms with Crippen LogP contribution in [0.1, 0.15) is 18.7 Å². The number of hydrogen-bond acceptors (Lipinski definition) is 4. The molecular weight excluding hydrogens is 311 g/mol. The predicted molar refractivity (Wildman–Crippen MR) is 87.1 cm³/mol. The minimum Gasteiger partial charge on any atom is -0.327 e. The SMILES string of the molecule is Cl.N[C@@H]1CCCN(Cc2nc3ccc(Cl)cc3c(=O)[nH]2)C1. The molecule has 0 amide bonds. The van der Waals surface area contributed by atoms with Crippen molar-refractivity contribution < 1.29 is 0 Å². The molecule has 7 heteroatoms. The van der Waals surface area contributed by atoms with E-state index in [1.165, 1.54) is 0 Å². The molecule has 0 spiro atoms. The smallest absolute Gasteiger partial charge is 0.258 e. The maximum atomic E-state index is 12.1. The summed E-state index contributed by atoms with van der Waals surface area (Å²) in [4.78, 5) is 21.6. The van der Waals surface area contributed by atoms with Gasteiger partial charge in [0.2, 0.25) is 0 Å². The minimum absolute atomic E-state index is 0. The van der Waals surface area contributed by atoms with Crippen molar-refractivity contribution in [3.8, 4) is 0 Å². The quantitative estimate of drug-likeness (QED) is 0.883. The third kappa shape index (κ3) is 3.74. The lowest BCUT2D eigenvalue weighted by molar-refractivity contribution is 0.197. The van der Waals surface area contributed by atoms with E-state index < -0.39 is 0 Å². The fraction of sp³-hybridized carbons (Fsp3) is 0.429. The molecule has 1 aromatic carbocycles. The Hall–Kier alpha value is -1.14. The van der Waals surface area contributed by atoms with Gasteiger partial charge >= 0.3 is 0 Å². The van der Waals surface area contributed by atoms with Gasteiger partial charge in [0.05, 0.1) is 17.4 Å². The summed E-state index contributed by atoms with van der Waals surface area (Å²) < 4.78 is 0. The standard InChI is InChI=1S/C14H17ClN4O.ClH/c15-9-3-4-12-11(6-9)14(20)18-13(17-12)8-19-5-1-2-10(16)7-19;/h3-4,6,10H,1-2,5,7-8,16H2,(H,17,18,20);1H/t10-;/m1./s1. The van der Waals surface area contributed by atoms with Gasteiger partial charge in [-0.2, -0.15) is 0 Å². The van der Waals surface area contributed by atoms with Gasteiger partial charge in [-0.15, -0.1) is 12.4 Å². The Labute approximate surface area is 133 Å². The van der Waals surface area contributed by atoms with Crippen molar-refractivity contribution >= 4 is 34.9 Å². The number of nitrogens with zero attached hydrogens (tertiary/aromatic N) is 2. The molecule has 3 N–H and O–H groups in total. The summed E-state index contributed by atoms with van der Waals surface area (Å²) in [6, 6.07) is 5.38. The molecule has 0 aliphatic carbocycles. The highest BCUT2D eigenvalue weighted by Gasteiger charge is 2.17. The van der Waals surface area contributed by atoms with Crippen LogP contribution in [0.4, 0.5) is 0 Å². The van der Waals surface area contributed by atoms with Crippen LogP contribution >= 0.6 is 24.0 Å². The van der Waals surface area contributed by atoms with E-state index in [0.29, 0.717) is 28.3 Å². The molecule has 5 nitrogen and oxygen atoms in total. The molecule has 2 heterocycles. The van der Waals surface area contributed by atoms with Crippen LogP contribution in [-0.4, -0.2) is 34.0 Å². The number of nitrogens with one attached hydrogen (secondary N) is 1. The zero-order chi connectivity index (χ0) is 14.1. The van der Waals surface area contributed by atoms with Gasteiger partial charge in [0.15, 0.2) is 0 Å². The topological polar surface area (TPSA) is 75.0 Å². The minimum atomic E-state index is -0.145. The van der Waals surface area contributed by atoms with Gasteiger partial charge in [-0.05, 0) is 37.6 Å². The van der Waals surface area contributed by atoms with Crippen LogP contribution in [0.5, 0.6) is 0 Å². The molecular formula is C14H18Cl2N4O. The number of likely N-dealkylation sites (tertiary alicyclic amines) is 1. The molecule has 1 fully saturated rings. The molecule has 1 aliphatic heterocycles. The number of fused-ring (bicyclic) bond motifs is 1. The first kappa shape index (κ1) is 16.2. The molecule has 1 saturated heterocycles. The molecule has 0 bridgehead atoms. The number of aromatic nitrogens is 2. The van der Waals surface area contributed by atoms with Crippen LogP contribution in [0, 0.1) is 0 Å². The maximum Gasteiger partial charge on any atom is 0.258 e. The van der Waals surface area contributed by atoms with Gasteiger partial charge in [-0.25, -0.2) is 4.98 Å². The van der Waals surface area contributed by atoms with Gasteiger partial charge in [-0.1, -0.05) is 11.6 Å². The largest absolute Gasteiger partial charge is 0.327 e. The fourth-order valence-corrected chi connectivity index (χ4v) is 2.85. The first-order valence-electron chi connectivity index (χ1n) is 6.78. The van der Waals surface area contributed by atoms with Crippen LogP contribution < -0.4 is 11.3 Å². The zero-order valence-corrected chi connectivity index (χ0v) is 13.1. The third-order valence-electron chi connectivity index (χ3n) is 3.63. The molecule has 1 atom stereocenters. The second kappa shape index (κ2) is 6.75. The van der Waals surface area contributed by atoms with Crippen molar-refractivity contribution in [3.05, 3.63) is 39.4 Å². The number of nitrogens with two attached hydrogens (primary N) is 1. The van der Waals surface area contributed by atoms with Gasteiger partial charge < -0.3 is 10.7 Å². The van der Waals surface area contributed by atoms with Crippen molar-refractivity contribution in [1.29, 1.82) is 0 Å². The number of aromatic amines is 1. The predicted octanol–water partition coefficient (Wildman–Crippen LogP) is 1.92. The Morgan fingerprint density at radius 2 is 2.29 bits per heavy atom. The summed E-state index contributed by atoms with van der Waals surface area (Å²) in [5.41, 5.74) is 6.50. The Bertz CT molecular complexity index is 688. The van der Waals surface area contributed by atoms with E-state index in [1.807, 2.05) is 0 Å². The van der Waals surface area contributed by atoms with Gasteiger partial charge in [-0.3, -0.25) is 9.69 Å². The molecule has 2 aromatic rings. The second-order valence-corrected chi connectivity index (χ2v) is 5.75. The van der Waals surface area contributed by atoms with Crippen molar-refractivity contribution in [3.63, 3.8) is 0 Å². The number of H-pyrrole nitrogens is 1. The normalized spacial score (nSPS) is 19.4. The lowest BCUT2D eigenvalue weighted by atomic mass is 10.1. The monoisotopic (exact) mass is 328 g/mol. The van der Waals surface area contributed by atoms with E-state index in [9.17, 15) is 4.79 Å². The van der Waals surface area contributed by atoms with Crippen molar-refractivity contribution in [2.75, 3.05) is 13.1 Å². The highest BCUT2D eigenvalue weighted by molar-refractivity contribution is 6.31. The number of piperidine rings is 1. The fourth-order valence-electron chi connectivity index (χ4n) is 2.68. The molecule has 21 heavy (non-hydrogen) atoms. The van der Waals surface area contributed by atoms with Crippen LogP contribution in [-0.2, 0) is 6.54 Å². The Morgan fingerprint density at radius 1 is 1.48 bits per heavy atom. The van der Waals surface area contributed by atoms with Crippen LogP contribution in [0.25, 0.3) is 10.9 Å². The molecule has 1 aliphatic rings. The van der Waals surface area contributed by atoms with E-state index >= 15 is 0 Å². The summed E-state index contributed by atoms with van der Waals surface area (Å²) in [5, 5.41) is 1.07. The van der Waals surface area contributed by atoms with Gasteiger partial charge in [0, 0.05) is 17.6 Å². The lowest BCUT2D eigenvalue weighted by Gasteiger charge is -2.30. The van der Waals surface area contributed by atoms with Crippen LogP contribution in [0.2, 0.25) is 5.02 Å². The molecule has 0 radical (unpaired) electrons. The number of hydrogen-bond donors (Lipinski definition) is 2. The zero-order valence-electron chi connectivity index (χ0n) is 11.5. The van der Waals surface area contributed by atoms with Crippen molar-refractivity contribution in [2.45, 2.75) is 25.4 Å². The Morgan fingerprint density at radius 3 is 3.05 bits per heavy atom. The molecule has 0 saturated carbocycles. The first-order chi connectivity index (χ1) is 9.61. The molecule has 3 rings (SSSR count). The summed E-state index contributed by atoms with van der Waals surface area (Å²) in [7, 11) is 0. The highest BCUT2D eigenvalue weighted by atomic mass is 35.5. The van der Waals surface area contributed by atoms with Crippen molar-refractivity contribution in [1.82, 2.24) is 14.9 Å². The Balaban J connectivity index is 0.00000161. The lowest BCUT2D eigenvalue weighted by Crippen LogP contribution is -2.42. The summed E-state index contributed by atoms with van der Waals surface area (Å²) in [6.45, 7) is 2.47.